The summed E-state index contributed by atoms with van der Waals surface area (Å²) in [4.78, 5) is 24.3. The predicted molar refractivity (Wildman–Crippen MR) is 118 cm³/mol. The Balaban J connectivity index is 2.11. The molecule has 3 amide bonds. The molecule has 0 aromatic heterocycles. The van der Waals surface area contributed by atoms with Crippen LogP contribution >= 0.6 is 23.2 Å². The van der Waals surface area contributed by atoms with E-state index < -0.39 is 33.6 Å². The van der Waals surface area contributed by atoms with Crippen LogP contribution in [0.5, 0.6) is 0 Å². The highest BCUT2D eigenvalue weighted by Gasteiger charge is 2.21. The number of anilines is 1. The summed E-state index contributed by atoms with van der Waals surface area (Å²) in [6.45, 7) is 0. The van der Waals surface area contributed by atoms with Crippen LogP contribution in [0.15, 0.2) is 48.5 Å². The van der Waals surface area contributed by atoms with Gasteiger partial charge in [0.15, 0.2) is 9.84 Å². The summed E-state index contributed by atoms with van der Waals surface area (Å²) in [5.74, 6) is -1.96. The van der Waals surface area contributed by atoms with E-state index in [1.165, 1.54) is 0 Å². The molecule has 0 fully saturated rings. The fourth-order valence-electron chi connectivity index (χ4n) is 2.45. The Morgan fingerprint density at radius 3 is 2.07 bits per heavy atom. The average molecular weight is 471 g/mol. The summed E-state index contributed by atoms with van der Waals surface area (Å²) >= 11 is 11.7. The molecule has 0 radical (unpaired) electrons. The number of urea groups is 1. The lowest BCUT2D eigenvalue weighted by atomic mass is 10.0. The first kappa shape index (κ1) is 23.7. The number of benzene rings is 2. The normalized spacial score (nSPS) is 12.0. The summed E-state index contributed by atoms with van der Waals surface area (Å²) in [5.41, 5.74) is 1.23. The number of sulfone groups is 1. The molecule has 0 saturated carbocycles. The second-order valence-electron chi connectivity index (χ2n) is 6.52. The zero-order valence-corrected chi connectivity index (χ0v) is 18.2. The molecule has 11 heteroatoms. The predicted octanol–water partition coefficient (Wildman–Crippen LogP) is 2.86. The van der Waals surface area contributed by atoms with E-state index in [1.54, 1.807) is 48.5 Å². The SMILES string of the molecule is CS(=O)(=O)CC(=O)NC(=N)[C@H](Cc1ccc(Cl)cc1)NC(=O)Nc1ccc(Cl)cc1. The molecule has 2 aromatic rings. The minimum absolute atomic E-state index is 0.170. The first-order valence-corrected chi connectivity index (χ1v) is 11.5. The van der Waals surface area contributed by atoms with Gasteiger partial charge in [-0.1, -0.05) is 35.3 Å². The third kappa shape index (κ3) is 8.40. The van der Waals surface area contributed by atoms with Gasteiger partial charge in [0.1, 0.15) is 11.6 Å². The second kappa shape index (κ2) is 10.4. The average Bonchev–Trinajstić information content (AvgIpc) is 2.63. The molecule has 0 aliphatic carbocycles. The Morgan fingerprint density at radius 2 is 1.53 bits per heavy atom. The molecule has 0 spiro atoms. The molecule has 0 saturated heterocycles. The van der Waals surface area contributed by atoms with Gasteiger partial charge in [-0.3, -0.25) is 10.2 Å². The van der Waals surface area contributed by atoms with Crippen molar-refractivity contribution in [1.82, 2.24) is 10.6 Å². The first-order chi connectivity index (χ1) is 14.0. The second-order valence-corrected chi connectivity index (χ2v) is 9.53. The molecular formula is C19H20Cl2N4O4S. The number of hydrogen-bond acceptors (Lipinski definition) is 5. The number of nitrogens with one attached hydrogen (secondary N) is 4. The van der Waals surface area contributed by atoms with Gasteiger partial charge in [0.2, 0.25) is 5.91 Å². The molecule has 160 valence electrons. The third-order valence-corrected chi connectivity index (χ3v) is 5.07. The van der Waals surface area contributed by atoms with Gasteiger partial charge < -0.3 is 16.0 Å². The summed E-state index contributed by atoms with van der Waals surface area (Å²) < 4.78 is 22.6. The standard InChI is InChI=1S/C19H20Cl2N4O4S/c1-30(28,29)11-17(26)25-18(22)16(10-12-2-4-13(20)5-3-12)24-19(27)23-15-8-6-14(21)7-9-15/h2-9,16H,10-11H2,1H3,(H2,22,25,26)(H2,23,24,27)/t16-/m0/s1. The van der Waals surface area contributed by atoms with E-state index in [-0.39, 0.29) is 12.3 Å². The monoisotopic (exact) mass is 470 g/mol. The zero-order chi connectivity index (χ0) is 22.3. The number of amides is 3. The Bertz CT molecular complexity index is 1030. The smallest absolute Gasteiger partial charge is 0.319 e. The highest BCUT2D eigenvalue weighted by molar-refractivity contribution is 7.91. The van der Waals surface area contributed by atoms with Gasteiger partial charge in [-0.05, 0) is 48.4 Å². The number of amidine groups is 1. The number of rotatable bonds is 7. The molecule has 4 N–H and O–H groups in total. The number of halogens is 2. The van der Waals surface area contributed by atoms with Crippen LogP contribution in [0.4, 0.5) is 10.5 Å². The summed E-state index contributed by atoms with van der Waals surface area (Å²) in [7, 11) is -3.56. The van der Waals surface area contributed by atoms with Crippen molar-refractivity contribution in [2.45, 2.75) is 12.5 Å². The summed E-state index contributed by atoms with van der Waals surface area (Å²) in [6, 6.07) is 11.7. The van der Waals surface area contributed by atoms with Crippen molar-refractivity contribution in [3.05, 3.63) is 64.1 Å². The fourth-order valence-corrected chi connectivity index (χ4v) is 3.25. The van der Waals surface area contributed by atoms with Crippen LogP contribution in [-0.4, -0.2) is 44.2 Å². The van der Waals surface area contributed by atoms with Crippen LogP contribution < -0.4 is 16.0 Å². The Morgan fingerprint density at radius 1 is 1.00 bits per heavy atom. The maximum Gasteiger partial charge on any atom is 0.319 e. The minimum atomic E-state index is -3.56. The van der Waals surface area contributed by atoms with Gasteiger partial charge in [0, 0.05) is 22.0 Å². The van der Waals surface area contributed by atoms with Gasteiger partial charge in [-0.15, -0.1) is 0 Å². The van der Waals surface area contributed by atoms with E-state index in [0.717, 1.165) is 11.8 Å². The maximum atomic E-state index is 12.4. The molecule has 0 aliphatic rings. The Hall–Kier alpha value is -2.62. The van der Waals surface area contributed by atoms with Gasteiger partial charge in [-0.2, -0.15) is 0 Å². The van der Waals surface area contributed by atoms with E-state index in [0.29, 0.717) is 15.7 Å². The van der Waals surface area contributed by atoms with Crippen LogP contribution in [0.3, 0.4) is 0 Å². The van der Waals surface area contributed by atoms with E-state index in [4.69, 9.17) is 28.6 Å². The lowest BCUT2D eigenvalue weighted by Crippen LogP contribution is -2.51. The molecule has 1 atom stereocenters. The quantitative estimate of drug-likeness (QED) is 0.366. The van der Waals surface area contributed by atoms with Crippen molar-refractivity contribution in [3.8, 4) is 0 Å². The van der Waals surface area contributed by atoms with Crippen LogP contribution in [-0.2, 0) is 21.1 Å². The highest BCUT2D eigenvalue weighted by Crippen LogP contribution is 2.14. The van der Waals surface area contributed by atoms with Crippen molar-refractivity contribution in [2.75, 3.05) is 17.3 Å². The first-order valence-electron chi connectivity index (χ1n) is 8.65. The number of carbonyl (C=O) groups is 2. The molecule has 0 heterocycles. The lowest BCUT2D eigenvalue weighted by Gasteiger charge is -2.21. The number of carbonyl (C=O) groups excluding carboxylic acids is 2. The van der Waals surface area contributed by atoms with E-state index in [9.17, 15) is 18.0 Å². The van der Waals surface area contributed by atoms with E-state index in [1.807, 2.05) is 0 Å². The van der Waals surface area contributed by atoms with Crippen LogP contribution in [0.1, 0.15) is 5.56 Å². The Labute approximate surface area is 184 Å². The molecular weight excluding hydrogens is 451 g/mol. The molecule has 0 bridgehead atoms. The lowest BCUT2D eigenvalue weighted by molar-refractivity contribution is -0.117. The van der Waals surface area contributed by atoms with Gasteiger partial charge in [0.25, 0.3) is 0 Å². The van der Waals surface area contributed by atoms with E-state index in [2.05, 4.69) is 16.0 Å². The molecule has 30 heavy (non-hydrogen) atoms. The van der Waals surface area contributed by atoms with Crippen LogP contribution in [0, 0.1) is 5.41 Å². The van der Waals surface area contributed by atoms with Gasteiger partial charge >= 0.3 is 6.03 Å². The topological polar surface area (TPSA) is 128 Å². The summed E-state index contributed by atoms with van der Waals surface area (Å²) in [5, 5.41) is 16.6. The zero-order valence-electron chi connectivity index (χ0n) is 15.9. The summed E-state index contributed by atoms with van der Waals surface area (Å²) in [6.07, 6.45) is 1.09. The highest BCUT2D eigenvalue weighted by atomic mass is 35.5. The van der Waals surface area contributed by atoms with Crippen LogP contribution in [0.2, 0.25) is 10.0 Å². The maximum absolute atomic E-state index is 12.4. The van der Waals surface area contributed by atoms with Crippen LogP contribution in [0.25, 0.3) is 0 Å². The van der Waals surface area contributed by atoms with Gasteiger partial charge in [-0.25, -0.2) is 13.2 Å². The fraction of sp³-hybridized carbons (Fsp3) is 0.211. The van der Waals surface area contributed by atoms with Crippen molar-refractivity contribution in [2.24, 2.45) is 0 Å². The largest absolute Gasteiger partial charge is 0.328 e. The van der Waals surface area contributed by atoms with Crippen molar-refractivity contribution in [3.63, 3.8) is 0 Å². The number of hydrogen-bond donors (Lipinski definition) is 4. The van der Waals surface area contributed by atoms with E-state index >= 15 is 0 Å². The minimum Gasteiger partial charge on any atom is -0.328 e. The molecule has 8 nitrogen and oxygen atoms in total. The Kier molecular flexibility index (Phi) is 8.22. The van der Waals surface area contributed by atoms with Crippen molar-refractivity contribution in [1.29, 1.82) is 5.41 Å². The molecule has 2 rings (SSSR count). The molecule has 2 aromatic carbocycles. The third-order valence-electron chi connectivity index (χ3n) is 3.78. The van der Waals surface area contributed by atoms with Gasteiger partial charge in [0.05, 0.1) is 6.04 Å². The molecule has 0 unspecified atom stereocenters. The van der Waals surface area contributed by atoms with Crippen molar-refractivity contribution >= 4 is 56.5 Å². The molecule has 0 aliphatic heterocycles. The van der Waals surface area contributed by atoms with Crippen molar-refractivity contribution < 1.29 is 18.0 Å².